The third-order valence-electron chi connectivity index (χ3n) is 4.05. The summed E-state index contributed by atoms with van der Waals surface area (Å²) in [7, 11) is -3.11. The monoisotopic (exact) mass is 325 g/mol. The summed E-state index contributed by atoms with van der Waals surface area (Å²) < 4.78 is 29.6. The number of anilines is 1. The molecule has 0 saturated carbocycles. The molecule has 124 valence electrons. The number of benzene rings is 1. The third kappa shape index (κ3) is 4.46. The summed E-state index contributed by atoms with van der Waals surface area (Å²) in [5, 5.41) is 0. The van der Waals surface area contributed by atoms with Crippen LogP contribution < -0.4 is 4.90 Å². The van der Waals surface area contributed by atoms with Crippen molar-refractivity contribution in [1.82, 2.24) is 0 Å². The number of sulfone groups is 1. The maximum Gasteiger partial charge on any atom is 0.178 e. The largest absolute Gasteiger partial charge is 0.378 e. The maximum atomic E-state index is 11.8. The van der Waals surface area contributed by atoms with Crippen molar-refractivity contribution in [2.24, 2.45) is 5.92 Å². The molecule has 22 heavy (non-hydrogen) atoms. The molecule has 1 heterocycles. The van der Waals surface area contributed by atoms with Crippen LogP contribution in [-0.4, -0.2) is 40.0 Å². The fourth-order valence-electron chi connectivity index (χ4n) is 2.64. The van der Waals surface area contributed by atoms with Crippen LogP contribution in [0.25, 0.3) is 0 Å². The molecule has 1 aromatic carbocycles. The van der Waals surface area contributed by atoms with Gasteiger partial charge in [0.15, 0.2) is 9.84 Å². The van der Waals surface area contributed by atoms with E-state index in [1.165, 1.54) is 0 Å². The Labute approximate surface area is 134 Å². The van der Waals surface area contributed by atoms with Crippen molar-refractivity contribution in [3.63, 3.8) is 0 Å². The van der Waals surface area contributed by atoms with Crippen LogP contribution in [0.3, 0.4) is 0 Å². The molecule has 1 aliphatic rings. The van der Waals surface area contributed by atoms with E-state index in [9.17, 15) is 8.42 Å². The maximum absolute atomic E-state index is 11.8. The first kappa shape index (κ1) is 17.3. The van der Waals surface area contributed by atoms with Gasteiger partial charge in [0.2, 0.25) is 0 Å². The van der Waals surface area contributed by atoms with E-state index < -0.39 is 9.84 Å². The number of hydrogen-bond acceptors (Lipinski definition) is 4. The lowest BCUT2D eigenvalue weighted by atomic mass is 10.1. The van der Waals surface area contributed by atoms with Gasteiger partial charge in [-0.05, 0) is 43.0 Å². The van der Waals surface area contributed by atoms with Crippen LogP contribution in [-0.2, 0) is 14.6 Å². The average Bonchev–Trinajstić information content (AvgIpc) is 2.53. The van der Waals surface area contributed by atoms with Gasteiger partial charge in [-0.15, -0.1) is 0 Å². The lowest BCUT2D eigenvalue weighted by Crippen LogP contribution is -2.37. The van der Waals surface area contributed by atoms with Gasteiger partial charge in [-0.1, -0.05) is 20.8 Å². The van der Waals surface area contributed by atoms with Crippen molar-refractivity contribution in [3.8, 4) is 0 Å². The van der Waals surface area contributed by atoms with Crippen LogP contribution in [0.15, 0.2) is 29.2 Å². The third-order valence-corrected chi connectivity index (χ3v) is 5.80. The molecule has 0 atom stereocenters. The second-order valence-corrected chi connectivity index (χ2v) is 8.59. The van der Waals surface area contributed by atoms with Crippen LogP contribution >= 0.6 is 0 Å². The molecule has 0 N–H and O–H groups in total. The van der Waals surface area contributed by atoms with Gasteiger partial charge in [0.05, 0.1) is 16.8 Å². The molecule has 1 fully saturated rings. The minimum atomic E-state index is -3.11. The minimum Gasteiger partial charge on any atom is -0.378 e. The van der Waals surface area contributed by atoms with Crippen molar-refractivity contribution in [3.05, 3.63) is 24.3 Å². The van der Waals surface area contributed by atoms with Gasteiger partial charge in [0.1, 0.15) is 0 Å². The number of hydrogen-bond donors (Lipinski definition) is 0. The van der Waals surface area contributed by atoms with E-state index >= 15 is 0 Å². The zero-order valence-corrected chi connectivity index (χ0v) is 14.6. The second-order valence-electron chi connectivity index (χ2n) is 6.31. The number of rotatable bonds is 6. The van der Waals surface area contributed by atoms with Crippen molar-refractivity contribution in [2.75, 3.05) is 30.3 Å². The molecule has 1 aromatic rings. The van der Waals surface area contributed by atoms with Gasteiger partial charge >= 0.3 is 0 Å². The molecule has 0 aromatic heterocycles. The zero-order chi connectivity index (χ0) is 16.2. The Morgan fingerprint density at radius 1 is 1.18 bits per heavy atom. The van der Waals surface area contributed by atoms with Gasteiger partial charge < -0.3 is 9.64 Å². The topological polar surface area (TPSA) is 46.6 Å². The first-order valence-corrected chi connectivity index (χ1v) is 9.77. The highest BCUT2D eigenvalue weighted by Crippen LogP contribution is 2.23. The Morgan fingerprint density at radius 3 is 2.27 bits per heavy atom. The van der Waals surface area contributed by atoms with Gasteiger partial charge in [0.25, 0.3) is 0 Å². The fourth-order valence-corrected chi connectivity index (χ4v) is 3.52. The molecule has 0 amide bonds. The molecule has 0 unspecified atom stereocenters. The van der Waals surface area contributed by atoms with Crippen molar-refractivity contribution >= 4 is 15.5 Å². The quantitative estimate of drug-likeness (QED) is 0.806. The molecule has 1 aliphatic heterocycles. The molecule has 0 aliphatic carbocycles. The van der Waals surface area contributed by atoms with Crippen LogP contribution in [0.4, 0.5) is 5.69 Å². The van der Waals surface area contributed by atoms with E-state index in [1.807, 2.05) is 12.1 Å². The van der Waals surface area contributed by atoms with E-state index in [-0.39, 0.29) is 5.75 Å². The summed E-state index contributed by atoms with van der Waals surface area (Å²) in [4.78, 5) is 2.71. The van der Waals surface area contributed by atoms with E-state index in [2.05, 4.69) is 18.7 Å². The van der Waals surface area contributed by atoms with Crippen LogP contribution in [0.5, 0.6) is 0 Å². The van der Waals surface area contributed by atoms with Crippen LogP contribution in [0, 0.1) is 5.92 Å². The second kappa shape index (κ2) is 7.47. The Hall–Kier alpha value is -1.07. The van der Waals surface area contributed by atoms with E-state index in [1.54, 1.807) is 19.1 Å². The minimum absolute atomic E-state index is 0.144. The Kier molecular flexibility index (Phi) is 5.87. The zero-order valence-electron chi connectivity index (χ0n) is 13.8. The molecule has 2 rings (SSSR count). The molecule has 0 spiro atoms. The predicted molar refractivity (Wildman–Crippen MR) is 90.2 cm³/mol. The van der Waals surface area contributed by atoms with Gasteiger partial charge in [-0.25, -0.2) is 8.42 Å². The summed E-state index contributed by atoms with van der Waals surface area (Å²) in [6.45, 7) is 8.76. The Bertz CT molecular complexity index is 558. The lowest BCUT2D eigenvalue weighted by molar-refractivity contribution is 0.0215. The van der Waals surface area contributed by atoms with Crippen molar-refractivity contribution in [2.45, 2.75) is 44.6 Å². The molecule has 0 bridgehead atoms. The van der Waals surface area contributed by atoms with Gasteiger partial charge in [-0.3, -0.25) is 0 Å². The molecular formula is C17H27NO3S. The molecule has 1 saturated heterocycles. The summed E-state index contributed by atoms with van der Waals surface area (Å²) in [6.07, 6.45) is 2.42. The first-order valence-electron chi connectivity index (χ1n) is 8.11. The summed E-state index contributed by atoms with van der Waals surface area (Å²) >= 11 is 0. The number of nitrogens with zero attached hydrogens (tertiary/aromatic N) is 1. The van der Waals surface area contributed by atoms with E-state index in [0.717, 1.165) is 38.2 Å². The normalized spacial score (nSPS) is 17.2. The summed E-state index contributed by atoms with van der Waals surface area (Å²) in [6, 6.07) is 7.26. The van der Waals surface area contributed by atoms with Crippen molar-refractivity contribution < 1.29 is 13.2 Å². The molecule has 4 nitrogen and oxygen atoms in total. The molecule has 0 radical (unpaired) electrons. The van der Waals surface area contributed by atoms with Crippen molar-refractivity contribution in [1.29, 1.82) is 0 Å². The highest BCUT2D eigenvalue weighted by molar-refractivity contribution is 7.91. The average molecular weight is 325 g/mol. The highest BCUT2D eigenvalue weighted by atomic mass is 32.2. The molecule has 5 heteroatoms. The first-order chi connectivity index (χ1) is 10.4. The standard InChI is InChI=1S/C17H27NO3S/c1-4-22(19,20)17-7-5-15(6-8-17)18-11-9-16(10-12-18)21-13-14(2)3/h5-8,14,16H,4,9-13H2,1-3H3. The summed E-state index contributed by atoms with van der Waals surface area (Å²) in [5.41, 5.74) is 1.09. The number of ether oxygens (including phenoxy) is 1. The lowest BCUT2D eigenvalue weighted by Gasteiger charge is -2.34. The van der Waals surface area contributed by atoms with Gasteiger partial charge in [0, 0.05) is 25.4 Å². The van der Waals surface area contributed by atoms with Crippen LogP contribution in [0.2, 0.25) is 0 Å². The number of piperidine rings is 1. The summed E-state index contributed by atoms with van der Waals surface area (Å²) in [5.74, 6) is 0.719. The SMILES string of the molecule is CCS(=O)(=O)c1ccc(N2CCC(OCC(C)C)CC2)cc1. The Balaban J connectivity index is 1.92. The smallest absolute Gasteiger partial charge is 0.178 e. The molecular weight excluding hydrogens is 298 g/mol. The van der Waals surface area contributed by atoms with E-state index in [4.69, 9.17) is 4.74 Å². The van der Waals surface area contributed by atoms with Gasteiger partial charge in [-0.2, -0.15) is 0 Å². The highest BCUT2D eigenvalue weighted by Gasteiger charge is 2.20. The van der Waals surface area contributed by atoms with E-state index in [0.29, 0.717) is 16.9 Å². The van der Waals surface area contributed by atoms with Crippen LogP contribution in [0.1, 0.15) is 33.6 Å². The Morgan fingerprint density at radius 2 is 1.77 bits per heavy atom. The predicted octanol–water partition coefficient (Wildman–Crippen LogP) is 3.12. The fraction of sp³-hybridized carbons (Fsp3) is 0.647.